The van der Waals surface area contributed by atoms with Crippen LogP contribution in [0.5, 0.6) is 0 Å². The van der Waals surface area contributed by atoms with E-state index >= 15 is 0 Å². The van der Waals surface area contributed by atoms with Crippen LogP contribution in [-0.2, 0) is 25.7 Å². The molecule has 1 rings (SSSR count). The Morgan fingerprint density at radius 3 is 2.83 bits per heavy atom. The number of esters is 1. The van der Waals surface area contributed by atoms with Crippen molar-refractivity contribution >= 4 is 28.8 Å². The molecule has 0 saturated carbocycles. The number of ketones is 1. The quantitative estimate of drug-likeness (QED) is 0.327. The average Bonchev–Trinajstić information content (AvgIpc) is 2.72. The monoisotopic (exact) mass is 272 g/mol. The highest BCUT2D eigenvalue weighted by Crippen LogP contribution is 1.93. The third kappa shape index (κ3) is 3.48. The van der Waals surface area contributed by atoms with Crippen molar-refractivity contribution in [2.45, 2.75) is 13.5 Å². The van der Waals surface area contributed by atoms with E-state index in [9.17, 15) is 9.59 Å². The normalized spacial score (nSPS) is 11.1. The summed E-state index contributed by atoms with van der Waals surface area (Å²) in [6.07, 6.45) is 0. The topological polar surface area (TPSA) is 107 Å². The second kappa shape index (κ2) is 6.64. The molecule has 0 unspecified atom stereocenters. The summed E-state index contributed by atoms with van der Waals surface area (Å²) in [6, 6.07) is 0. The van der Waals surface area contributed by atoms with Crippen molar-refractivity contribution in [1.82, 2.24) is 9.78 Å². The van der Waals surface area contributed by atoms with Crippen LogP contribution in [0.15, 0.2) is 10.7 Å². The summed E-state index contributed by atoms with van der Waals surface area (Å²) in [5, 5.41) is 14.6. The molecule has 0 fully saturated rings. The van der Waals surface area contributed by atoms with Gasteiger partial charge in [0, 0.05) is 0 Å². The second-order valence-electron chi connectivity index (χ2n) is 2.97. The van der Waals surface area contributed by atoms with Crippen LogP contribution in [0.25, 0.3) is 0 Å². The first kappa shape index (κ1) is 14.0. The van der Waals surface area contributed by atoms with Gasteiger partial charge in [-0.15, -0.1) is 0 Å². The Kier molecular flexibility index (Phi) is 5.18. The van der Waals surface area contributed by atoms with Gasteiger partial charge < -0.3 is 9.57 Å². The number of aromatic nitrogens is 2. The largest absolute Gasteiger partial charge is 0.461 e. The number of hydrogen-bond donors (Lipinski definition) is 1. The molecule has 9 heteroatoms. The molecule has 0 aliphatic carbocycles. The fraction of sp³-hybridized carbons (Fsp3) is 0.444. The number of carbonyl (C=O) groups is 2. The van der Waals surface area contributed by atoms with Gasteiger partial charge >= 0.3 is 5.97 Å². The fourth-order valence-corrected chi connectivity index (χ4v) is 1.55. The Morgan fingerprint density at radius 2 is 2.33 bits per heavy atom. The number of carbonyl (C=O) groups excluding carboxylic acids is 2. The number of rotatable bonds is 6. The molecule has 0 aliphatic heterocycles. The number of hydrogen-bond acceptors (Lipinski definition) is 8. The van der Waals surface area contributed by atoms with Gasteiger partial charge in [0.25, 0.3) is 0 Å². The van der Waals surface area contributed by atoms with Gasteiger partial charge in [0.2, 0.25) is 11.5 Å². The maximum atomic E-state index is 11.8. The van der Waals surface area contributed by atoms with Crippen LogP contribution in [0.4, 0.5) is 0 Å². The van der Waals surface area contributed by atoms with Crippen LogP contribution in [0.3, 0.4) is 0 Å². The van der Waals surface area contributed by atoms with Crippen molar-refractivity contribution in [2.75, 3.05) is 13.7 Å². The Bertz CT molecular complexity index is 519. The molecule has 0 spiro atoms. The minimum atomic E-state index is -0.855. The van der Waals surface area contributed by atoms with Gasteiger partial charge in [0.1, 0.15) is 19.2 Å². The minimum Gasteiger partial charge on any atom is -0.461 e. The summed E-state index contributed by atoms with van der Waals surface area (Å²) in [6.45, 7) is 1.48. The van der Waals surface area contributed by atoms with Gasteiger partial charge in [0.05, 0.1) is 6.61 Å². The molecule has 0 radical (unpaired) electrons. The van der Waals surface area contributed by atoms with E-state index in [4.69, 9.17) is 5.41 Å². The van der Waals surface area contributed by atoms with E-state index in [2.05, 4.69) is 19.8 Å². The lowest BCUT2D eigenvalue weighted by Crippen LogP contribution is -2.32. The maximum absolute atomic E-state index is 11.8. The zero-order valence-electron chi connectivity index (χ0n) is 9.87. The molecule has 0 atom stereocenters. The molecule has 18 heavy (non-hydrogen) atoms. The number of Topliss-reactive ketones (excluding diaryl/α,β-unsaturated/α-hetero) is 1. The lowest BCUT2D eigenvalue weighted by Gasteiger charge is -2.04. The Labute approximate surface area is 106 Å². The summed E-state index contributed by atoms with van der Waals surface area (Å²) in [5.41, 5.74) is 0.979. The fourth-order valence-electron chi connectivity index (χ4n) is 1.06. The zero-order chi connectivity index (χ0) is 13.5. The molecule has 0 saturated heterocycles. The number of nitrogens with one attached hydrogen (secondary N) is 1. The van der Waals surface area contributed by atoms with Crippen LogP contribution in [-0.4, -0.2) is 41.0 Å². The van der Waals surface area contributed by atoms with Crippen molar-refractivity contribution in [2.24, 2.45) is 5.16 Å². The van der Waals surface area contributed by atoms with E-state index in [1.54, 1.807) is 6.92 Å². The summed E-state index contributed by atoms with van der Waals surface area (Å²) in [5.74, 6) is -1.48. The summed E-state index contributed by atoms with van der Waals surface area (Å²) in [7, 11) is 1.22. The Morgan fingerprint density at radius 1 is 1.61 bits per heavy atom. The van der Waals surface area contributed by atoms with E-state index in [0.717, 1.165) is 16.0 Å². The molecule has 1 aromatic rings. The number of oxime groups is 1. The first-order chi connectivity index (χ1) is 8.60. The standard InChI is InChI=1S/C9H12N4O4S/c1-3-17-8(15)7(12-16-2)6(14)4-13-9(10)18-5-11-13/h5,10H,3-4H2,1-2H3/b10-9?,12-7+. The van der Waals surface area contributed by atoms with Crippen molar-refractivity contribution < 1.29 is 19.2 Å². The molecular weight excluding hydrogens is 260 g/mol. The van der Waals surface area contributed by atoms with Crippen molar-refractivity contribution in [3.8, 4) is 0 Å². The highest BCUT2D eigenvalue weighted by Gasteiger charge is 2.23. The first-order valence-electron chi connectivity index (χ1n) is 4.96. The van der Waals surface area contributed by atoms with Gasteiger partial charge in [-0.3, -0.25) is 10.2 Å². The lowest BCUT2D eigenvalue weighted by molar-refractivity contribution is -0.136. The molecule has 98 valence electrons. The summed E-state index contributed by atoms with van der Waals surface area (Å²) in [4.78, 5) is 27.8. The first-order valence-corrected chi connectivity index (χ1v) is 5.84. The van der Waals surface area contributed by atoms with E-state index in [1.165, 1.54) is 12.6 Å². The average molecular weight is 272 g/mol. The predicted molar refractivity (Wildman–Crippen MR) is 62.0 cm³/mol. The Hall–Kier alpha value is -2.03. The molecular formula is C9H12N4O4S. The highest BCUT2D eigenvalue weighted by molar-refractivity contribution is 7.06. The molecule has 0 bridgehead atoms. The van der Waals surface area contributed by atoms with Crippen LogP contribution >= 0.6 is 11.3 Å². The van der Waals surface area contributed by atoms with Crippen molar-refractivity contribution in [3.05, 3.63) is 10.3 Å². The van der Waals surface area contributed by atoms with Crippen LogP contribution in [0.1, 0.15) is 6.92 Å². The minimum absolute atomic E-state index is 0.101. The number of nitrogens with zero attached hydrogens (tertiary/aromatic N) is 3. The van der Waals surface area contributed by atoms with E-state index < -0.39 is 17.5 Å². The molecule has 0 aliphatic rings. The summed E-state index contributed by atoms with van der Waals surface area (Å²) < 4.78 is 5.83. The lowest BCUT2D eigenvalue weighted by atomic mass is 10.2. The van der Waals surface area contributed by atoms with Gasteiger partial charge in [-0.2, -0.15) is 5.10 Å². The van der Waals surface area contributed by atoms with Gasteiger partial charge in [-0.25, -0.2) is 9.48 Å². The third-order valence-corrected chi connectivity index (χ3v) is 2.43. The molecule has 8 nitrogen and oxygen atoms in total. The summed E-state index contributed by atoms with van der Waals surface area (Å²) >= 11 is 1.07. The maximum Gasteiger partial charge on any atom is 0.364 e. The van der Waals surface area contributed by atoms with Gasteiger partial charge in [-0.1, -0.05) is 16.5 Å². The third-order valence-electron chi connectivity index (χ3n) is 1.79. The predicted octanol–water partition coefficient (Wildman–Crippen LogP) is -0.441. The molecule has 1 N–H and O–H groups in total. The smallest absolute Gasteiger partial charge is 0.364 e. The highest BCUT2D eigenvalue weighted by atomic mass is 32.1. The van der Waals surface area contributed by atoms with Crippen LogP contribution < -0.4 is 4.80 Å². The van der Waals surface area contributed by atoms with Crippen LogP contribution in [0, 0.1) is 5.41 Å². The van der Waals surface area contributed by atoms with Crippen LogP contribution in [0.2, 0.25) is 0 Å². The van der Waals surface area contributed by atoms with Gasteiger partial charge in [0.15, 0.2) is 4.80 Å². The SMILES string of the molecule is CCOC(=O)/C(=N/OC)C(=O)Cn1ncsc1=N. The molecule has 0 aromatic carbocycles. The van der Waals surface area contributed by atoms with E-state index in [0.29, 0.717) is 0 Å². The van der Waals surface area contributed by atoms with E-state index in [-0.39, 0.29) is 18.0 Å². The van der Waals surface area contributed by atoms with Gasteiger partial charge in [-0.05, 0) is 6.92 Å². The molecule has 1 heterocycles. The van der Waals surface area contributed by atoms with Crippen molar-refractivity contribution in [3.63, 3.8) is 0 Å². The Balaban J connectivity index is 2.85. The number of ether oxygens (including phenoxy) is 1. The molecule has 1 aromatic heterocycles. The zero-order valence-corrected chi connectivity index (χ0v) is 10.7. The molecule has 0 amide bonds. The van der Waals surface area contributed by atoms with Crippen molar-refractivity contribution in [1.29, 1.82) is 5.41 Å². The van der Waals surface area contributed by atoms with E-state index in [1.807, 2.05) is 0 Å². The second-order valence-corrected chi connectivity index (χ2v) is 3.80.